The fourth-order valence-electron chi connectivity index (χ4n) is 1.96. The van der Waals surface area contributed by atoms with Gasteiger partial charge in [-0.2, -0.15) is 5.10 Å². The van der Waals surface area contributed by atoms with Gasteiger partial charge in [0.1, 0.15) is 12.4 Å². The third-order valence-electron chi connectivity index (χ3n) is 3.17. The topological polar surface area (TPSA) is 53.1 Å². The molecule has 20 heavy (non-hydrogen) atoms. The molecule has 0 aliphatic heterocycles. The molecule has 0 saturated carbocycles. The monoisotopic (exact) mass is 293 g/mol. The van der Waals surface area contributed by atoms with Crippen molar-refractivity contribution in [3.63, 3.8) is 0 Å². The second kappa shape index (κ2) is 7.31. The van der Waals surface area contributed by atoms with Crippen LogP contribution in [-0.4, -0.2) is 22.4 Å². The van der Waals surface area contributed by atoms with Crippen LogP contribution in [0, 0.1) is 0 Å². The van der Waals surface area contributed by atoms with Gasteiger partial charge < -0.3 is 10.5 Å². The highest BCUT2D eigenvalue weighted by molar-refractivity contribution is 6.30. The summed E-state index contributed by atoms with van der Waals surface area (Å²) in [5.41, 5.74) is 7.08. The van der Waals surface area contributed by atoms with Gasteiger partial charge in [-0.1, -0.05) is 18.5 Å². The molecule has 1 atom stereocenters. The van der Waals surface area contributed by atoms with Gasteiger partial charge in [0.05, 0.1) is 6.54 Å². The van der Waals surface area contributed by atoms with Crippen molar-refractivity contribution in [2.75, 3.05) is 6.61 Å². The van der Waals surface area contributed by atoms with Crippen molar-refractivity contribution in [2.45, 2.75) is 32.4 Å². The third-order valence-corrected chi connectivity index (χ3v) is 3.40. The minimum Gasteiger partial charge on any atom is -0.491 e. The van der Waals surface area contributed by atoms with E-state index in [2.05, 4.69) is 12.0 Å². The number of ether oxygens (including phenoxy) is 1. The van der Waals surface area contributed by atoms with Gasteiger partial charge in [0, 0.05) is 23.5 Å². The zero-order valence-corrected chi connectivity index (χ0v) is 12.4. The maximum atomic E-state index is 6.05. The average Bonchev–Trinajstić information content (AvgIpc) is 2.94. The fourth-order valence-corrected chi connectivity index (χ4v) is 2.15. The van der Waals surface area contributed by atoms with E-state index in [1.165, 1.54) is 0 Å². The van der Waals surface area contributed by atoms with Crippen molar-refractivity contribution in [1.82, 2.24) is 9.78 Å². The molecule has 0 aliphatic carbocycles. The van der Waals surface area contributed by atoms with Crippen LogP contribution in [0.5, 0.6) is 5.75 Å². The largest absolute Gasteiger partial charge is 0.491 e. The molecule has 1 aromatic heterocycles. The number of nitrogens with zero attached hydrogens (tertiary/aromatic N) is 2. The Hall–Kier alpha value is -1.52. The summed E-state index contributed by atoms with van der Waals surface area (Å²) in [5.74, 6) is 0.852. The number of rotatable bonds is 7. The van der Waals surface area contributed by atoms with E-state index in [9.17, 15) is 0 Å². The summed E-state index contributed by atoms with van der Waals surface area (Å²) in [7, 11) is 0. The smallest absolute Gasteiger partial charge is 0.122 e. The molecule has 0 spiro atoms. The van der Waals surface area contributed by atoms with Gasteiger partial charge in [0.25, 0.3) is 0 Å². The van der Waals surface area contributed by atoms with E-state index in [0.717, 1.165) is 30.7 Å². The highest BCUT2D eigenvalue weighted by atomic mass is 35.5. The van der Waals surface area contributed by atoms with Gasteiger partial charge in [0.2, 0.25) is 0 Å². The van der Waals surface area contributed by atoms with Crippen LogP contribution >= 0.6 is 11.6 Å². The molecule has 1 aromatic carbocycles. The van der Waals surface area contributed by atoms with Gasteiger partial charge >= 0.3 is 0 Å². The zero-order valence-electron chi connectivity index (χ0n) is 11.6. The van der Waals surface area contributed by atoms with Gasteiger partial charge in [-0.3, -0.25) is 4.68 Å². The first kappa shape index (κ1) is 14.9. The number of halogens is 1. The molecule has 0 radical (unpaired) electrons. The van der Waals surface area contributed by atoms with E-state index in [-0.39, 0.29) is 6.04 Å². The number of aromatic nitrogens is 2. The molecular weight excluding hydrogens is 274 g/mol. The second-order valence-corrected chi connectivity index (χ2v) is 5.18. The van der Waals surface area contributed by atoms with Gasteiger partial charge in [-0.25, -0.2) is 0 Å². The molecule has 0 amide bonds. The summed E-state index contributed by atoms with van der Waals surface area (Å²) >= 11 is 6.05. The Labute approximate surface area is 124 Å². The summed E-state index contributed by atoms with van der Waals surface area (Å²) in [4.78, 5) is 0. The predicted molar refractivity (Wildman–Crippen MR) is 81.1 cm³/mol. The van der Waals surface area contributed by atoms with Crippen LogP contribution < -0.4 is 10.5 Å². The fraction of sp³-hybridized carbons (Fsp3) is 0.400. The van der Waals surface area contributed by atoms with Crippen LogP contribution in [-0.2, 0) is 13.0 Å². The molecular formula is C15H20ClN3O. The molecule has 2 rings (SSSR count). The molecule has 0 fully saturated rings. The minimum absolute atomic E-state index is 0.127. The minimum atomic E-state index is 0.127. The number of hydrogen-bond donors (Lipinski definition) is 1. The highest BCUT2D eigenvalue weighted by Crippen LogP contribution is 2.24. The van der Waals surface area contributed by atoms with Crippen molar-refractivity contribution in [3.8, 4) is 5.75 Å². The van der Waals surface area contributed by atoms with Crippen LogP contribution in [0.25, 0.3) is 0 Å². The predicted octanol–water partition coefficient (Wildman–Crippen LogP) is 2.90. The Kier molecular flexibility index (Phi) is 5.44. The first-order chi connectivity index (χ1) is 9.69. The summed E-state index contributed by atoms with van der Waals surface area (Å²) < 4.78 is 7.68. The maximum absolute atomic E-state index is 6.05. The Bertz CT molecular complexity index is 528. The highest BCUT2D eigenvalue weighted by Gasteiger charge is 2.09. The Morgan fingerprint density at radius 2 is 2.30 bits per heavy atom. The van der Waals surface area contributed by atoms with Gasteiger partial charge in [-0.15, -0.1) is 0 Å². The van der Waals surface area contributed by atoms with Gasteiger partial charge in [0.15, 0.2) is 0 Å². The third kappa shape index (κ3) is 4.25. The molecule has 108 valence electrons. The summed E-state index contributed by atoms with van der Waals surface area (Å²) in [6, 6.07) is 7.70. The molecule has 0 bridgehead atoms. The van der Waals surface area contributed by atoms with E-state index < -0.39 is 0 Å². The van der Waals surface area contributed by atoms with Crippen LogP contribution in [0.4, 0.5) is 0 Å². The molecule has 1 heterocycles. The van der Waals surface area contributed by atoms with Crippen molar-refractivity contribution in [2.24, 2.45) is 5.73 Å². The second-order valence-electron chi connectivity index (χ2n) is 4.74. The average molecular weight is 294 g/mol. The summed E-state index contributed by atoms with van der Waals surface area (Å²) in [5, 5.41) is 4.85. The molecule has 1 unspecified atom stereocenters. The zero-order chi connectivity index (χ0) is 14.4. The van der Waals surface area contributed by atoms with E-state index in [1.54, 1.807) is 6.20 Å². The summed E-state index contributed by atoms with van der Waals surface area (Å²) in [6.07, 6.45) is 5.38. The van der Waals surface area contributed by atoms with Crippen molar-refractivity contribution < 1.29 is 4.74 Å². The lowest BCUT2D eigenvalue weighted by Crippen LogP contribution is -2.22. The van der Waals surface area contributed by atoms with E-state index >= 15 is 0 Å². The van der Waals surface area contributed by atoms with Crippen LogP contribution in [0.2, 0.25) is 5.02 Å². The van der Waals surface area contributed by atoms with Crippen LogP contribution in [0.3, 0.4) is 0 Å². The Morgan fingerprint density at radius 3 is 3.00 bits per heavy atom. The van der Waals surface area contributed by atoms with E-state index in [0.29, 0.717) is 11.6 Å². The van der Waals surface area contributed by atoms with Crippen LogP contribution in [0.15, 0.2) is 36.7 Å². The number of benzene rings is 1. The lowest BCUT2D eigenvalue weighted by molar-refractivity contribution is 0.288. The van der Waals surface area contributed by atoms with Crippen molar-refractivity contribution in [3.05, 3.63) is 47.2 Å². The van der Waals surface area contributed by atoms with Gasteiger partial charge in [-0.05, 0) is 42.7 Å². The molecule has 5 heteroatoms. The normalized spacial score (nSPS) is 12.3. The number of hydrogen-bond acceptors (Lipinski definition) is 3. The van der Waals surface area contributed by atoms with Crippen molar-refractivity contribution >= 4 is 11.6 Å². The SMILES string of the molecule is CCC(N)Cc1cc(Cl)ccc1OCCn1cccn1. The lowest BCUT2D eigenvalue weighted by Gasteiger charge is -2.15. The standard InChI is InChI=1S/C15H20ClN3O/c1-2-14(17)11-12-10-13(16)4-5-15(12)20-9-8-19-7-3-6-18-19/h3-7,10,14H,2,8-9,11,17H2,1H3. The Morgan fingerprint density at radius 1 is 1.45 bits per heavy atom. The number of nitrogens with two attached hydrogens (primary N) is 1. The maximum Gasteiger partial charge on any atom is 0.122 e. The first-order valence-corrected chi connectivity index (χ1v) is 7.21. The quantitative estimate of drug-likeness (QED) is 0.854. The first-order valence-electron chi connectivity index (χ1n) is 6.83. The van der Waals surface area contributed by atoms with E-state index in [1.807, 2.05) is 35.1 Å². The molecule has 4 nitrogen and oxygen atoms in total. The van der Waals surface area contributed by atoms with E-state index in [4.69, 9.17) is 22.1 Å². The summed E-state index contributed by atoms with van der Waals surface area (Å²) in [6.45, 7) is 3.36. The molecule has 0 saturated heterocycles. The molecule has 0 aliphatic rings. The van der Waals surface area contributed by atoms with Crippen molar-refractivity contribution in [1.29, 1.82) is 0 Å². The van der Waals surface area contributed by atoms with Crippen LogP contribution in [0.1, 0.15) is 18.9 Å². The molecule has 2 N–H and O–H groups in total. The molecule has 2 aromatic rings. The lowest BCUT2D eigenvalue weighted by atomic mass is 10.0. The Balaban J connectivity index is 1.98.